The Kier molecular flexibility index (Phi) is 7.62. The van der Waals surface area contributed by atoms with Crippen LogP contribution >= 0.6 is 0 Å². The molecule has 12 nitrogen and oxygen atoms in total. The second-order valence-corrected chi connectivity index (χ2v) is 10.4. The zero-order valence-electron chi connectivity index (χ0n) is 23.6. The van der Waals surface area contributed by atoms with E-state index in [1.54, 1.807) is 31.4 Å². The smallest absolute Gasteiger partial charge is 0.411 e. The minimum Gasteiger partial charge on any atom is -0.496 e. The molecule has 218 valence electrons. The van der Waals surface area contributed by atoms with Crippen LogP contribution in [0.5, 0.6) is 5.75 Å². The summed E-state index contributed by atoms with van der Waals surface area (Å²) in [5, 5.41) is 15.0. The van der Waals surface area contributed by atoms with E-state index in [1.165, 1.54) is 7.05 Å². The fourth-order valence-corrected chi connectivity index (χ4v) is 5.57. The number of carbonyl (C=O) groups is 2. The molecule has 0 spiro atoms. The molecule has 0 bridgehead atoms. The predicted octanol–water partition coefficient (Wildman–Crippen LogP) is 3.93. The van der Waals surface area contributed by atoms with Crippen molar-refractivity contribution in [1.29, 1.82) is 0 Å². The average molecular weight is 572 g/mol. The molecule has 2 aromatic carbocycles. The number of anilines is 2. The molecule has 6 rings (SSSR count). The molecule has 4 aromatic rings. The van der Waals surface area contributed by atoms with Crippen LogP contribution in [0.25, 0.3) is 22.4 Å². The minimum absolute atomic E-state index is 0.0348. The average Bonchev–Trinajstić information content (AvgIpc) is 3.48. The molecule has 0 atom stereocenters. The van der Waals surface area contributed by atoms with Crippen LogP contribution in [0.4, 0.5) is 16.3 Å². The number of amides is 2. The van der Waals surface area contributed by atoms with Gasteiger partial charge in [-0.1, -0.05) is 12.1 Å². The van der Waals surface area contributed by atoms with Crippen molar-refractivity contribution in [3.05, 3.63) is 60.3 Å². The Bertz CT molecular complexity index is 1590. The van der Waals surface area contributed by atoms with Gasteiger partial charge in [0.2, 0.25) is 0 Å². The molecule has 12 heteroatoms. The van der Waals surface area contributed by atoms with Crippen molar-refractivity contribution < 1.29 is 24.2 Å². The highest BCUT2D eigenvalue weighted by atomic mass is 16.5. The third kappa shape index (κ3) is 5.20. The number of hydrogen-bond acceptors (Lipinski definition) is 8. The van der Waals surface area contributed by atoms with Gasteiger partial charge in [0.05, 0.1) is 43.5 Å². The molecule has 42 heavy (non-hydrogen) atoms. The maximum absolute atomic E-state index is 13.3. The minimum atomic E-state index is -1.03. The fraction of sp³-hybridized carbons (Fsp3) is 0.367. The molecule has 0 saturated carbocycles. The lowest BCUT2D eigenvalue weighted by molar-refractivity contribution is 0.0688. The van der Waals surface area contributed by atoms with Gasteiger partial charge in [-0.2, -0.15) is 5.10 Å². The SMILES string of the molecule is COc1ccccc1C(=O)N1CCC(n2ncc3c(N4CCOCC4)nc(-c4ccc(N(C)C(=O)O)cc4)nc32)CC1. The van der Waals surface area contributed by atoms with E-state index < -0.39 is 6.09 Å². The Morgan fingerprint density at radius 1 is 1.00 bits per heavy atom. The number of hydrogen-bond donors (Lipinski definition) is 1. The second-order valence-electron chi connectivity index (χ2n) is 10.4. The van der Waals surface area contributed by atoms with Crippen molar-refractivity contribution in [3.8, 4) is 17.1 Å². The fourth-order valence-electron chi connectivity index (χ4n) is 5.57. The molecule has 2 amide bonds. The third-order valence-corrected chi connectivity index (χ3v) is 7.98. The number of rotatable bonds is 6. The van der Waals surface area contributed by atoms with Crippen LogP contribution in [-0.2, 0) is 4.74 Å². The number of carbonyl (C=O) groups excluding carboxylic acids is 1. The van der Waals surface area contributed by atoms with E-state index in [0.29, 0.717) is 62.2 Å². The summed E-state index contributed by atoms with van der Waals surface area (Å²) in [6.07, 6.45) is 2.27. The van der Waals surface area contributed by atoms with Crippen LogP contribution < -0.4 is 14.5 Å². The van der Waals surface area contributed by atoms with Gasteiger partial charge in [-0.15, -0.1) is 0 Å². The van der Waals surface area contributed by atoms with Gasteiger partial charge in [0, 0.05) is 44.5 Å². The Balaban J connectivity index is 1.30. The summed E-state index contributed by atoms with van der Waals surface area (Å²) in [6.45, 7) is 3.84. The van der Waals surface area contributed by atoms with E-state index in [2.05, 4.69) is 4.90 Å². The maximum Gasteiger partial charge on any atom is 0.411 e. The molecule has 2 saturated heterocycles. The van der Waals surface area contributed by atoms with E-state index >= 15 is 0 Å². The number of morpholine rings is 1. The number of benzene rings is 2. The lowest BCUT2D eigenvalue weighted by Gasteiger charge is -2.32. The standard InChI is InChI=1S/C30H33N7O5/c1-34(30(39)40)21-9-7-20(8-10-21)26-32-27(35-15-17-42-18-16-35)24-19-31-37(28(24)33-26)22-11-13-36(14-12-22)29(38)23-5-3-4-6-25(23)41-2/h3-10,19,22H,11-18H2,1-2H3,(H,39,40). The highest BCUT2D eigenvalue weighted by Gasteiger charge is 2.29. The Morgan fingerprint density at radius 2 is 1.71 bits per heavy atom. The number of ether oxygens (including phenoxy) is 2. The number of carboxylic acid groups (broad SMARTS) is 1. The molecule has 0 radical (unpaired) electrons. The zero-order valence-corrected chi connectivity index (χ0v) is 23.6. The van der Waals surface area contributed by atoms with Gasteiger partial charge in [0.25, 0.3) is 5.91 Å². The van der Waals surface area contributed by atoms with E-state index in [1.807, 2.05) is 40.0 Å². The van der Waals surface area contributed by atoms with E-state index in [-0.39, 0.29) is 11.9 Å². The normalized spacial score (nSPS) is 16.0. The van der Waals surface area contributed by atoms with Crippen molar-refractivity contribution in [1.82, 2.24) is 24.6 Å². The third-order valence-electron chi connectivity index (χ3n) is 7.98. The molecule has 4 heterocycles. The van der Waals surface area contributed by atoms with Gasteiger partial charge < -0.3 is 24.4 Å². The summed E-state index contributed by atoms with van der Waals surface area (Å²) in [7, 11) is 3.08. The van der Waals surface area contributed by atoms with Crippen LogP contribution in [0.15, 0.2) is 54.7 Å². The van der Waals surface area contributed by atoms with E-state index in [9.17, 15) is 14.7 Å². The first-order valence-corrected chi connectivity index (χ1v) is 14.0. The summed E-state index contributed by atoms with van der Waals surface area (Å²) < 4.78 is 13.0. The van der Waals surface area contributed by atoms with Crippen LogP contribution in [0.3, 0.4) is 0 Å². The molecular weight excluding hydrogens is 538 g/mol. The number of fused-ring (bicyclic) bond motifs is 1. The molecule has 2 aromatic heterocycles. The number of piperidine rings is 1. The molecule has 2 aliphatic heterocycles. The second kappa shape index (κ2) is 11.6. The Morgan fingerprint density at radius 3 is 2.40 bits per heavy atom. The van der Waals surface area contributed by atoms with Gasteiger partial charge in [-0.3, -0.25) is 9.69 Å². The van der Waals surface area contributed by atoms with E-state index in [4.69, 9.17) is 24.5 Å². The van der Waals surface area contributed by atoms with Crippen molar-refractivity contribution in [2.24, 2.45) is 0 Å². The number of para-hydroxylation sites is 1. The van der Waals surface area contributed by atoms with Gasteiger partial charge in [0.15, 0.2) is 11.5 Å². The van der Waals surface area contributed by atoms with E-state index in [0.717, 1.165) is 40.2 Å². The lowest BCUT2D eigenvalue weighted by atomic mass is 10.0. The Hall–Kier alpha value is -4.71. The number of likely N-dealkylation sites (tertiary alicyclic amines) is 1. The largest absolute Gasteiger partial charge is 0.496 e. The summed E-state index contributed by atoms with van der Waals surface area (Å²) in [5.74, 6) is 1.89. The zero-order chi connectivity index (χ0) is 29.2. The summed E-state index contributed by atoms with van der Waals surface area (Å²) in [5.41, 5.74) is 2.64. The van der Waals surface area contributed by atoms with Crippen molar-refractivity contribution in [2.75, 3.05) is 63.4 Å². The van der Waals surface area contributed by atoms with Crippen LogP contribution in [0.2, 0.25) is 0 Å². The number of aromatic nitrogens is 4. The summed E-state index contributed by atoms with van der Waals surface area (Å²) in [4.78, 5) is 39.8. The maximum atomic E-state index is 13.3. The van der Waals surface area contributed by atoms with Crippen molar-refractivity contribution >= 4 is 34.5 Å². The van der Waals surface area contributed by atoms with Gasteiger partial charge in [0.1, 0.15) is 11.6 Å². The molecule has 0 unspecified atom stereocenters. The highest BCUT2D eigenvalue weighted by molar-refractivity contribution is 5.97. The van der Waals surface area contributed by atoms with Gasteiger partial charge in [-0.25, -0.2) is 19.4 Å². The number of methoxy groups -OCH3 is 1. The Labute approximate surface area is 243 Å². The van der Waals surface area contributed by atoms with Crippen LogP contribution in [-0.4, -0.2) is 95.3 Å². The molecule has 2 fully saturated rings. The quantitative estimate of drug-likeness (QED) is 0.366. The molecule has 0 aliphatic carbocycles. The van der Waals surface area contributed by atoms with Crippen molar-refractivity contribution in [3.63, 3.8) is 0 Å². The summed E-state index contributed by atoms with van der Waals surface area (Å²) in [6, 6.07) is 14.5. The highest BCUT2D eigenvalue weighted by Crippen LogP contribution is 2.33. The molecule has 1 N–H and O–H groups in total. The first-order chi connectivity index (χ1) is 20.4. The molecule has 2 aliphatic rings. The lowest BCUT2D eigenvalue weighted by Crippen LogP contribution is -2.39. The summed E-state index contributed by atoms with van der Waals surface area (Å²) >= 11 is 0. The van der Waals surface area contributed by atoms with Crippen molar-refractivity contribution in [2.45, 2.75) is 18.9 Å². The predicted molar refractivity (Wildman–Crippen MR) is 157 cm³/mol. The van der Waals surface area contributed by atoms with Crippen LogP contribution in [0, 0.1) is 0 Å². The first-order valence-electron chi connectivity index (χ1n) is 14.0. The number of nitrogens with zero attached hydrogens (tertiary/aromatic N) is 7. The van der Waals surface area contributed by atoms with Gasteiger partial charge >= 0.3 is 6.09 Å². The molecular formula is C30H33N7O5. The first kappa shape index (κ1) is 27.5. The topological polar surface area (TPSA) is 126 Å². The monoisotopic (exact) mass is 571 g/mol. The van der Waals surface area contributed by atoms with Crippen LogP contribution in [0.1, 0.15) is 29.2 Å². The van der Waals surface area contributed by atoms with Gasteiger partial charge in [-0.05, 0) is 49.2 Å².